The van der Waals surface area contributed by atoms with Crippen molar-refractivity contribution in [1.82, 2.24) is 14.7 Å². The Hall–Kier alpha value is -3.16. The number of ether oxygens (including phenoxy) is 1. The van der Waals surface area contributed by atoms with E-state index in [1.807, 2.05) is 45.0 Å². The number of rotatable bonds is 5. The molecule has 1 aliphatic heterocycles. The second kappa shape index (κ2) is 9.32. The van der Waals surface area contributed by atoms with E-state index in [2.05, 4.69) is 10.4 Å². The summed E-state index contributed by atoms with van der Waals surface area (Å²) in [6, 6.07) is 7.50. The lowest BCUT2D eigenvalue weighted by atomic mass is 9.96. The smallest absolute Gasteiger partial charge is 0.309 e. The highest BCUT2D eigenvalue weighted by Gasteiger charge is 2.31. The first-order valence-electron chi connectivity index (χ1n) is 10.6. The van der Waals surface area contributed by atoms with Crippen LogP contribution < -0.4 is 5.32 Å². The van der Waals surface area contributed by atoms with Crippen LogP contribution in [0.15, 0.2) is 24.3 Å². The molecule has 31 heavy (non-hydrogen) atoms. The molecule has 1 fully saturated rings. The quantitative estimate of drug-likeness (QED) is 0.742. The molecule has 8 heteroatoms. The Kier molecular flexibility index (Phi) is 6.77. The Labute approximate surface area is 182 Å². The average Bonchev–Trinajstić information content (AvgIpc) is 2.99. The van der Waals surface area contributed by atoms with Gasteiger partial charge in [0.1, 0.15) is 0 Å². The maximum Gasteiger partial charge on any atom is 0.309 e. The van der Waals surface area contributed by atoms with Crippen LogP contribution in [-0.2, 0) is 21.4 Å². The molecule has 0 saturated carbocycles. The number of amides is 2. The summed E-state index contributed by atoms with van der Waals surface area (Å²) in [6.07, 6.45) is 0.121. The zero-order valence-electron chi connectivity index (χ0n) is 18.8. The number of piperidine rings is 1. The predicted molar refractivity (Wildman–Crippen MR) is 117 cm³/mol. The number of hydrogen-bond donors (Lipinski definition) is 1. The van der Waals surface area contributed by atoms with Crippen molar-refractivity contribution in [3.63, 3.8) is 0 Å². The Bertz CT molecular complexity index is 989. The number of carbonyl (C=O) groups excluding carboxylic acids is 3. The number of carbonyl (C=O) groups is 3. The second-order valence-corrected chi connectivity index (χ2v) is 8.12. The highest BCUT2D eigenvalue weighted by Crippen LogP contribution is 2.23. The summed E-state index contributed by atoms with van der Waals surface area (Å²) in [6.45, 7) is 8.12. The zero-order valence-corrected chi connectivity index (χ0v) is 18.8. The maximum atomic E-state index is 12.7. The molecule has 1 saturated heterocycles. The molecule has 0 aliphatic carbocycles. The van der Waals surface area contributed by atoms with Gasteiger partial charge in [0, 0.05) is 25.7 Å². The van der Waals surface area contributed by atoms with Crippen LogP contribution in [0.4, 0.5) is 5.69 Å². The number of benzene rings is 1. The van der Waals surface area contributed by atoms with E-state index in [0.717, 1.165) is 11.3 Å². The monoisotopic (exact) mass is 426 g/mol. The summed E-state index contributed by atoms with van der Waals surface area (Å²) in [4.78, 5) is 39.6. The molecule has 1 N–H and O–H groups in total. The van der Waals surface area contributed by atoms with Crippen molar-refractivity contribution in [3.05, 3.63) is 46.8 Å². The molecule has 1 aromatic heterocycles. The normalized spacial score (nSPS) is 15.5. The molecule has 0 spiro atoms. The van der Waals surface area contributed by atoms with Crippen LogP contribution in [0.3, 0.4) is 0 Å². The molecule has 1 atom stereocenters. The van der Waals surface area contributed by atoms with E-state index in [0.29, 0.717) is 42.9 Å². The van der Waals surface area contributed by atoms with E-state index in [-0.39, 0.29) is 17.7 Å². The topological polar surface area (TPSA) is 93.5 Å². The van der Waals surface area contributed by atoms with Gasteiger partial charge in [0.25, 0.3) is 11.8 Å². The molecule has 2 heterocycles. The lowest BCUT2D eigenvalue weighted by Crippen LogP contribution is -2.42. The van der Waals surface area contributed by atoms with Crippen molar-refractivity contribution in [1.29, 1.82) is 0 Å². The van der Waals surface area contributed by atoms with E-state index in [9.17, 15) is 14.4 Å². The Morgan fingerprint density at radius 1 is 1.13 bits per heavy atom. The summed E-state index contributed by atoms with van der Waals surface area (Å²) >= 11 is 0. The van der Waals surface area contributed by atoms with Gasteiger partial charge in [-0.15, -0.1) is 0 Å². The minimum atomic E-state index is -0.918. The number of aryl methyl sites for hydroxylation is 3. The van der Waals surface area contributed by atoms with E-state index < -0.39 is 12.1 Å². The summed E-state index contributed by atoms with van der Waals surface area (Å²) in [5, 5.41) is 7.07. The van der Waals surface area contributed by atoms with E-state index >= 15 is 0 Å². The standard InChI is InChI=1S/C23H30N4O4/c1-14-8-6-7-9-19(14)22(29)27-12-10-18(11-13-27)23(30)31-17(4)21(28)24-20-15(2)25-26(5)16(20)3/h6-9,17-18H,10-13H2,1-5H3,(H,24,28)/t17-/m1/s1. The van der Waals surface area contributed by atoms with Gasteiger partial charge >= 0.3 is 5.97 Å². The fourth-order valence-electron chi connectivity index (χ4n) is 3.80. The van der Waals surface area contributed by atoms with Crippen molar-refractivity contribution >= 4 is 23.5 Å². The van der Waals surface area contributed by atoms with Crippen molar-refractivity contribution in [2.24, 2.45) is 13.0 Å². The first-order valence-corrected chi connectivity index (χ1v) is 10.6. The third-order valence-corrected chi connectivity index (χ3v) is 5.91. The highest BCUT2D eigenvalue weighted by molar-refractivity contribution is 5.96. The van der Waals surface area contributed by atoms with Crippen LogP contribution in [0.1, 0.15) is 47.1 Å². The van der Waals surface area contributed by atoms with E-state index in [1.54, 1.807) is 23.6 Å². The largest absolute Gasteiger partial charge is 0.452 e. The zero-order chi connectivity index (χ0) is 22.7. The van der Waals surface area contributed by atoms with Gasteiger partial charge in [0.15, 0.2) is 6.10 Å². The third-order valence-electron chi connectivity index (χ3n) is 5.91. The molecule has 166 valence electrons. The molecule has 8 nitrogen and oxygen atoms in total. The van der Waals surface area contributed by atoms with Crippen LogP contribution >= 0.6 is 0 Å². The SMILES string of the molecule is Cc1ccccc1C(=O)N1CCC(C(=O)O[C@H](C)C(=O)Nc2c(C)nn(C)c2C)CC1. The van der Waals surface area contributed by atoms with Crippen LogP contribution in [0.5, 0.6) is 0 Å². The molecule has 0 bridgehead atoms. The summed E-state index contributed by atoms with van der Waals surface area (Å²) < 4.78 is 7.12. The van der Waals surface area contributed by atoms with Crippen molar-refractivity contribution in [2.75, 3.05) is 18.4 Å². The fourth-order valence-corrected chi connectivity index (χ4v) is 3.80. The molecule has 2 aromatic rings. The lowest BCUT2D eigenvalue weighted by Gasteiger charge is -2.31. The predicted octanol–water partition coefficient (Wildman–Crippen LogP) is 2.77. The molecular weight excluding hydrogens is 396 g/mol. The lowest BCUT2D eigenvalue weighted by molar-refractivity contribution is -0.158. The van der Waals surface area contributed by atoms with Crippen LogP contribution in [0.2, 0.25) is 0 Å². The molecule has 0 radical (unpaired) electrons. The number of nitrogens with one attached hydrogen (secondary N) is 1. The number of anilines is 1. The van der Waals surface area contributed by atoms with Gasteiger partial charge in [0.2, 0.25) is 0 Å². The number of aromatic nitrogens is 2. The Balaban J connectivity index is 1.52. The van der Waals surface area contributed by atoms with Gasteiger partial charge in [0.05, 0.1) is 23.0 Å². The van der Waals surface area contributed by atoms with Crippen LogP contribution in [0, 0.1) is 26.7 Å². The molecule has 3 rings (SSSR count). The summed E-state index contributed by atoms with van der Waals surface area (Å²) in [5.41, 5.74) is 3.80. The molecule has 2 amide bonds. The van der Waals surface area contributed by atoms with Gasteiger partial charge in [-0.2, -0.15) is 5.10 Å². The Morgan fingerprint density at radius 2 is 1.77 bits per heavy atom. The van der Waals surface area contributed by atoms with E-state index in [1.165, 1.54) is 0 Å². The van der Waals surface area contributed by atoms with Gasteiger partial charge in [-0.3, -0.25) is 19.1 Å². The van der Waals surface area contributed by atoms with Gasteiger partial charge in [-0.25, -0.2) is 0 Å². The van der Waals surface area contributed by atoms with Crippen LogP contribution in [-0.4, -0.2) is 51.7 Å². The highest BCUT2D eigenvalue weighted by atomic mass is 16.5. The maximum absolute atomic E-state index is 12.7. The van der Waals surface area contributed by atoms with Crippen molar-refractivity contribution in [3.8, 4) is 0 Å². The van der Waals surface area contributed by atoms with Crippen molar-refractivity contribution in [2.45, 2.75) is 46.6 Å². The number of likely N-dealkylation sites (tertiary alicyclic amines) is 1. The number of esters is 1. The van der Waals surface area contributed by atoms with E-state index in [4.69, 9.17) is 4.74 Å². The first kappa shape index (κ1) is 22.5. The molecule has 1 aromatic carbocycles. The van der Waals surface area contributed by atoms with Crippen LogP contribution in [0.25, 0.3) is 0 Å². The average molecular weight is 427 g/mol. The molecule has 0 unspecified atom stereocenters. The molecular formula is C23H30N4O4. The summed E-state index contributed by atoms with van der Waals surface area (Å²) in [7, 11) is 1.80. The van der Waals surface area contributed by atoms with Gasteiger partial charge < -0.3 is 15.0 Å². The first-order chi connectivity index (χ1) is 14.7. The minimum absolute atomic E-state index is 0.0140. The fraction of sp³-hybridized carbons (Fsp3) is 0.478. The Morgan fingerprint density at radius 3 is 2.35 bits per heavy atom. The summed E-state index contributed by atoms with van der Waals surface area (Å²) in [5.74, 6) is -1.12. The second-order valence-electron chi connectivity index (χ2n) is 8.12. The van der Waals surface area contributed by atoms with Gasteiger partial charge in [-0.1, -0.05) is 18.2 Å². The number of nitrogens with zero attached hydrogens (tertiary/aromatic N) is 3. The molecule has 1 aliphatic rings. The third kappa shape index (κ3) is 4.95. The van der Waals surface area contributed by atoms with Gasteiger partial charge in [-0.05, 0) is 52.2 Å². The van der Waals surface area contributed by atoms with Crippen molar-refractivity contribution < 1.29 is 19.1 Å². The minimum Gasteiger partial charge on any atom is -0.452 e. The number of hydrogen-bond acceptors (Lipinski definition) is 5.